The summed E-state index contributed by atoms with van der Waals surface area (Å²) in [5.41, 5.74) is 1.78. The fourth-order valence-electron chi connectivity index (χ4n) is 5.51. The average Bonchev–Trinajstić information content (AvgIpc) is 3.04. The summed E-state index contributed by atoms with van der Waals surface area (Å²) in [6.07, 6.45) is 7.62. The van der Waals surface area contributed by atoms with E-state index in [1.807, 2.05) is 18.0 Å². The summed E-state index contributed by atoms with van der Waals surface area (Å²) in [6.45, 7) is 12.0. The highest BCUT2D eigenvalue weighted by Gasteiger charge is 2.45. The van der Waals surface area contributed by atoms with E-state index in [9.17, 15) is 4.79 Å². The lowest BCUT2D eigenvalue weighted by atomic mass is 9.74. The van der Waals surface area contributed by atoms with Crippen LogP contribution in [0.1, 0.15) is 51.5 Å². The second-order valence-electron chi connectivity index (χ2n) is 9.01. The van der Waals surface area contributed by atoms with Crippen LogP contribution in [0.25, 0.3) is 0 Å². The molecule has 0 atom stereocenters. The first-order valence-corrected chi connectivity index (χ1v) is 11.5. The second-order valence-corrected chi connectivity index (χ2v) is 9.01. The number of hydrogen-bond acceptors (Lipinski definition) is 5. The van der Waals surface area contributed by atoms with Gasteiger partial charge in [0.15, 0.2) is 0 Å². The molecule has 2 saturated heterocycles. The zero-order chi connectivity index (χ0) is 20.3. The van der Waals surface area contributed by atoms with E-state index in [0.717, 1.165) is 39.0 Å². The van der Waals surface area contributed by atoms with Gasteiger partial charge < -0.3 is 19.4 Å². The van der Waals surface area contributed by atoms with Crippen molar-refractivity contribution < 1.29 is 9.53 Å². The maximum absolute atomic E-state index is 11.9. The molecule has 1 amide bonds. The Hall–Kier alpha value is -1.82. The van der Waals surface area contributed by atoms with Gasteiger partial charge in [-0.15, -0.1) is 0 Å². The number of pyridine rings is 1. The molecule has 1 aromatic heterocycles. The molecule has 1 aromatic rings. The number of nitrogens with zero attached hydrogens (tertiary/aromatic N) is 4. The Bertz CT molecular complexity index is 694. The molecular formula is C23H36N4O2. The minimum absolute atomic E-state index is 0.143. The quantitative estimate of drug-likeness (QED) is 0.757. The van der Waals surface area contributed by atoms with Gasteiger partial charge in [-0.3, -0.25) is 0 Å². The molecule has 0 radical (unpaired) electrons. The summed E-state index contributed by atoms with van der Waals surface area (Å²) in [5.74, 6) is 1.93. The van der Waals surface area contributed by atoms with E-state index < -0.39 is 0 Å². The van der Waals surface area contributed by atoms with Crippen LogP contribution in [0.3, 0.4) is 0 Å². The molecule has 6 nitrogen and oxygen atoms in total. The van der Waals surface area contributed by atoms with Gasteiger partial charge in [0.25, 0.3) is 0 Å². The van der Waals surface area contributed by atoms with Gasteiger partial charge in [-0.25, -0.2) is 9.78 Å². The van der Waals surface area contributed by atoms with Gasteiger partial charge in [-0.1, -0.05) is 13.0 Å². The fourth-order valence-corrected chi connectivity index (χ4v) is 5.51. The number of rotatable bonds is 5. The Balaban J connectivity index is 1.30. The predicted octanol–water partition coefficient (Wildman–Crippen LogP) is 3.51. The standard InChI is InChI=1S/C23H36N4O2/c1-3-12-27-18-23(20-6-5-11-24-21(20)27)9-15-25(16-10-23)17-19-7-13-26(14-8-19)22(28)29-4-2/h5-6,11,19H,3-4,7-10,12-18H2,1-2H3. The molecule has 0 bridgehead atoms. The molecule has 3 aliphatic heterocycles. The van der Waals surface area contributed by atoms with Crippen molar-refractivity contribution in [3.63, 3.8) is 0 Å². The molecule has 2 fully saturated rings. The van der Waals surface area contributed by atoms with Gasteiger partial charge >= 0.3 is 6.09 Å². The molecule has 0 saturated carbocycles. The van der Waals surface area contributed by atoms with Crippen molar-refractivity contribution in [2.75, 3.05) is 57.3 Å². The lowest BCUT2D eigenvalue weighted by molar-refractivity contribution is 0.0797. The van der Waals surface area contributed by atoms with Crippen LogP contribution in [0.5, 0.6) is 0 Å². The Morgan fingerprint density at radius 2 is 1.97 bits per heavy atom. The highest BCUT2D eigenvalue weighted by atomic mass is 16.6. The van der Waals surface area contributed by atoms with Crippen molar-refractivity contribution in [3.8, 4) is 0 Å². The van der Waals surface area contributed by atoms with Crippen LogP contribution in [0.15, 0.2) is 18.3 Å². The minimum atomic E-state index is -0.143. The monoisotopic (exact) mass is 400 g/mol. The Labute approximate surface area is 175 Å². The third-order valence-corrected chi connectivity index (χ3v) is 7.11. The summed E-state index contributed by atoms with van der Waals surface area (Å²) in [6, 6.07) is 4.43. The first-order chi connectivity index (χ1) is 14.1. The van der Waals surface area contributed by atoms with E-state index in [-0.39, 0.29) is 6.09 Å². The number of likely N-dealkylation sites (tertiary alicyclic amines) is 2. The molecule has 1 spiro atoms. The molecule has 0 unspecified atom stereocenters. The number of carbonyl (C=O) groups excluding carboxylic acids is 1. The van der Waals surface area contributed by atoms with Gasteiger partial charge in [0.05, 0.1) is 6.61 Å². The molecule has 3 aliphatic rings. The lowest BCUT2D eigenvalue weighted by Crippen LogP contribution is -2.48. The number of anilines is 1. The Morgan fingerprint density at radius 3 is 2.66 bits per heavy atom. The SMILES string of the molecule is CCCN1CC2(CCN(CC3CCN(C(=O)OCC)CC3)CC2)c2cccnc21. The zero-order valence-electron chi connectivity index (χ0n) is 18.1. The number of piperidine rings is 2. The maximum atomic E-state index is 11.9. The van der Waals surface area contributed by atoms with Crippen LogP contribution in [0.4, 0.5) is 10.6 Å². The topological polar surface area (TPSA) is 48.9 Å². The van der Waals surface area contributed by atoms with Crippen LogP contribution < -0.4 is 4.90 Å². The van der Waals surface area contributed by atoms with E-state index in [1.165, 1.54) is 50.3 Å². The first-order valence-electron chi connectivity index (χ1n) is 11.5. The van der Waals surface area contributed by atoms with Crippen LogP contribution >= 0.6 is 0 Å². The number of hydrogen-bond donors (Lipinski definition) is 0. The van der Waals surface area contributed by atoms with E-state index in [0.29, 0.717) is 17.9 Å². The summed E-state index contributed by atoms with van der Waals surface area (Å²) in [5, 5.41) is 0. The molecule has 0 N–H and O–H groups in total. The van der Waals surface area contributed by atoms with Gasteiger partial charge in [-0.2, -0.15) is 0 Å². The Morgan fingerprint density at radius 1 is 1.21 bits per heavy atom. The van der Waals surface area contributed by atoms with Crippen LogP contribution in [0, 0.1) is 5.92 Å². The third kappa shape index (κ3) is 4.23. The van der Waals surface area contributed by atoms with Crippen molar-refractivity contribution in [3.05, 3.63) is 23.9 Å². The van der Waals surface area contributed by atoms with Crippen LogP contribution in [-0.4, -0.2) is 73.3 Å². The third-order valence-electron chi connectivity index (χ3n) is 7.11. The summed E-state index contributed by atoms with van der Waals surface area (Å²) in [4.78, 5) is 23.7. The van der Waals surface area contributed by atoms with E-state index in [2.05, 4.69) is 28.9 Å². The fraction of sp³-hybridized carbons (Fsp3) is 0.739. The molecule has 160 valence electrons. The van der Waals surface area contributed by atoms with Gasteiger partial charge in [0.2, 0.25) is 0 Å². The largest absolute Gasteiger partial charge is 0.450 e. The summed E-state index contributed by atoms with van der Waals surface area (Å²) in [7, 11) is 0. The van der Waals surface area contributed by atoms with E-state index in [4.69, 9.17) is 9.72 Å². The Kier molecular flexibility index (Phi) is 6.28. The van der Waals surface area contributed by atoms with Crippen molar-refractivity contribution in [2.45, 2.75) is 51.4 Å². The van der Waals surface area contributed by atoms with E-state index >= 15 is 0 Å². The number of fused-ring (bicyclic) bond motifs is 2. The van der Waals surface area contributed by atoms with Crippen molar-refractivity contribution in [2.24, 2.45) is 5.92 Å². The smallest absolute Gasteiger partial charge is 0.409 e. The molecule has 4 rings (SSSR count). The summed E-state index contributed by atoms with van der Waals surface area (Å²) >= 11 is 0. The minimum Gasteiger partial charge on any atom is -0.450 e. The number of ether oxygens (including phenoxy) is 1. The van der Waals surface area contributed by atoms with Crippen molar-refractivity contribution in [1.82, 2.24) is 14.8 Å². The van der Waals surface area contributed by atoms with Gasteiger partial charge in [0.1, 0.15) is 5.82 Å². The number of amides is 1. The van der Waals surface area contributed by atoms with Crippen LogP contribution in [0.2, 0.25) is 0 Å². The highest BCUT2D eigenvalue weighted by Crippen LogP contribution is 2.46. The molecule has 0 aromatic carbocycles. The first kappa shape index (κ1) is 20.5. The normalized spacial score (nSPS) is 22.1. The molecule has 29 heavy (non-hydrogen) atoms. The highest BCUT2D eigenvalue weighted by molar-refractivity contribution is 5.67. The lowest BCUT2D eigenvalue weighted by Gasteiger charge is -2.42. The van der Waals surface area contributed by atoms with Crippen molar-refractivity contribution in [1.29, 1.82) is 0 Å². The van der Waals surface area contributed by atoms with Crippen LogP contribution in [-0.2, 0) is 10.2 Å². The zero-order valence-corrected chi connectivity index (χ0v) is 18.1. The predicted molar refractivity (Wildman–Crippen MR) is 115 cm³/mol. The average molecular weight is 401 g/mol. The number of carbonyl (C=O) groups is 1. The van der Waals surface area contributed by atoms with Gasteiger partial charge in [-0.05, 0) is 64.1 Å². The summed E-state index contributed by atoms with van der Waals surface area (Å²) < 4.78 is 5.14. The molecular weight excluding hydrogens is 364 g/mol. The number of aromatic nitrogens is 1. The van der Waals surface area contributed by atoms with Crippen molar-refractivity contribution >= 4 is 11.9 Å². The maximum Gasteiger partial charge on any atom is 0.409 e. The molecule has 6 heteroatoms. The van der Waals surface area contributed by atoms with E-state index in [1.54, 1.807) is 0 Å². The molecule has 4 heterocycles. The second kappa shape index (κ2) is 8.90. The molecule has 0 aliphatic carbocycles. The van der Waals surface area contributed by atoms with Gasteiger partial charge in [0, 0.05) is 49.9 Å².